The maximum absolute atomic E-state index is 12.3. The summed E-state index contributed by atoms with van der Waals surface area (Å²) < 4.78 is 11.0. The van der Waals surface area contributed by atoms with Crippen molar-refractivity contribution in [1.29, 1.82) is 0 Å². The Balaban J connectivity index is 1.64. The molecule has 0 saturated heterocycles. The summed E-state index contributed by atoms with van der Waals surface area (Å²) in [5.74, 6) is -4.13. The van der Waals surface area contributed by atoms with Gasteiger partial charge in [0.1, 0.15) is 19.3 Å². The van der Waals surface area contributed by atoms with Gasteiger partial charge in [-0.3, -0.25) is 9.59 Å². The third kappa shape index (κ3) is 7.88. The molecule has 0 aliphatic heterocycles. The zero-order chi connectivity index (χ0) is 28.7. The number of aliphatic carboxylic acids is 1. The Morgan fingerprint density at radius 3 is 1.74 bits per heavy atom. The molecular weight excluding hydrogens is 516 g/mol. The summed E-state index contributed by atoms with van der Waals surface area (Å²) in [7, 11) is 0. The average molecular weight is 545 g/mol. The van der Waals surface area contributed by atoms with E-state index >= 15 is 0 Å². The van der Waals surface area contributed by atoms with Gasteiger partial charge in [-0.25, -0.2) is 4.79 Å². The summed E-state index contributed by atoms with van der Waals surface area (Å²) in [5.41, 5.74) is -1.53. The Kier molecular flexibility index (Phi) is 9.43. The summed E-state index contributed by atoms with van der Waals surface area (Å²) in [6.07, 6.45) is -0.202. The van der Waals surface area contributed by atoms with Gasteiger partial charge in [-0.05, 0) is 47.5 Å². The molecule has 0 bridgehead atoms. The second-order valence-electron chi connectivity index (χ2n) is 9.03. The van der Waals surface area contributed by atoms with E-state index in [-0.39, 0.29) is 23.0 Å². The molecule has 1 saturated carbocycles. The van der Waals surface area contributed by atoms with Crippen LogP contribution in [0.2, 0.25) is 0 Å². The number of aliphatic hydroxyl groups is 2. The number of phenols is 4. The summed E-state index contributed by atoms with van der Waals surface area (Å²) in [4.78, 5) is 36.2. The second-order valence-corrected chi connectivity index (χ2v) is 9.03. The lowest BCUT2D eigenvalue weighted by molar-refractivity contribution is -0.202. The van der Waals surface area contributed by atoms with Crippen LogP contribution in [0.4, 0.5) is 0 Å². The van der Waals surface area contributed by atoms with Crippen LogP contribution >= 0.6 is 0 Å². The maximum Gasteiger partial charge on any atom is 0.335 e. The van der Waals surface area contributed by atoms with Crippen molar-refractivity contribution in [3.63, 3.8) is 0 Å². The van der Waals surface area contributed by atoms with E-state index in [1.54, 1.807) is 0 Å². The molecule has 0 unspecified atom stereocenters. The van der Waals surface area contributed by atoms with E-state index in [0.717, 1.165) is 12.2 Å². The van der Waals surface area contributed by atoms with Crippen molar-refractivity contribution < 1.29 is 59.6 Å². The summed E-state index contributed by atoms with van der Waals surface area (Å²) in [6, 6.07) is 7.84. The van der Waals surface area contributed by atoms with Gasteiger partial charge in [0.05, 0.1) is 12.2 Å². The van der Waals surface area contributed by atoms with Gasteiger partial charge in [-0.15, -0.1) is 0 Å². The number of aromatic hydroxyl groups is 4. The number of rotatable bonds is 11. The van der Waals surface area contributed by atoms with Gasteiger partial charge in [0, 0.05) is 12.8 Å². The molecule has 39 heavy (non-hydrogen) atoms. The molecule has 0 aromatic heterocycles. The van der Waals surface area contributed by atoms with Crippen LogP contribution in [0.25, 0.3) is 12.2 Å². The minimum atomic E-state index is -2.35. The van der Waals surface area contributed by atoms with E-state index in [0.29, 0.717) is 11.1 Å². The van der Waals surface area contributed by atoms with Gasteiger partial charge >= 0.3 is 5.97 Å². The van der Waals surface area contributed by atoms with Crippen LogP contribution in [0.5, 0.6) is 23.0 Å². The Bertz CT molecular complexity index is 1280. The average Bonchev–Trinajstić information content (AvgIpc) is 2.88. The monoisotopic (exact) mass is 544 g/mol. The number of ether oxygens (including phenoxy) is 2. The fourth-order valence-electron chi connectivity index (χ4n) is 3.92. The first-order chi connectivity index (χ1) is 18.4. The highest BCUT2D eigenvalue weighted by Crippen LogP contribution is 2.33. The van der Waals surface area contributed by atoms with Crippen LogP contribution in [0, 0.1) is 0 Å². The fraction of sp³-hybridized carbons (Fsp3) is 0.296. The van der Waals surface area contributed by atoms with E-state index in [2.05, 4.69) is 0 Å². The van der Waals surface area contributed by atoms with Gasteiger partial charge in [0.25, 0.3) is 0 Å². The number of carbonyl (C=O) groups excluding carboxylic acids is 2. The summed E-state index contributed by atoms with van der Waals surface area (Å²) in [5, 5.41) is 68.2. The van der Waals surface area contributed by atoms with Crippen LogP contribution in [0.1, 0.15) is 24.0 Å². The topological polar surface area (TPSA) is 211 Å². The van der Waals surface area contributed by atoms with Crippen LogP contribution in [-0.2, 0) is 23.9 Å². The quantitative estimate of drug-likeness (QED) is 0.157. The minimum Gasteiger partial charge on any atom is -0.504 e. The van der Waals surface area contributed by atoms with Crippen LogP contribution in [0.3, 0.4) is 0 Å². The van der Waals surface area contributed by atoms with Gasteiger partial charge in [-0.2, -0.15) is 0 Å². The Labute approximate surface area is 222 Å². The van der Waals surface area contributed by atoms with Crippen molar-refractivity contribution in [2.45, 2.75) is 36.8 Å². The highest BCUT2D eigenvalue weighted by molar-refractivity contribution is 5.95. The molecule has 0 amide bonds. The number of hydrogen-bond donors (Lipinski definition) is 7. The lowest BCUT2D eigenvalue weighted by atomic mass is 9.79. The number of ketones is 2. The molecule has 0 heterocycles. The smallest absolute Gasteiger partial charge is 0.335 e. The second kappa shape index (κ2) is 12.5. The van der Waals surface area contributed by atoms with Gasteiger partial charge in [0.15, 0.2) is 40.2 Å². The molecule has 2 aromatic rings. The summed E-state index contributed by atoms with van der Waals surface area (Å²) >= 11 is 0. The fourth-order valence-corrected chi connectivity index (χ4v) is 3.92. The molecule has 12 heteroatoms. The number of carboxylic acid groups (broad SMARTS) is 1. The third-order valence-corrected chi connectivity index (χ3v) is 6.01. The highest BCUT2D eigenvalue weighted by Gasteiger charge is 2.50. The summed E-state index contributed by atoms with van der Waals surface area (Å²) in [6.45, 7) is -1.13. The third-order valence-electron chi connectivity index (χ3n) is 6.01. The Morgan fingerprint density at radius 1 is 0.795 bits per heavy atom. The molecule has 0 spiro atoms. The maximum atomic E-state index is 12.3. The molecule has 2 aromatic carbocycles. The largest absolute Gasteiger partial charge is 0.504 e. The van der Waals surface area contributed by atoms with Gasteiger partial charge < -0.3 is 45.2 Å². The predicted octanol–water partition coefficient (Wildman–Crippen LogP) is 1.11. The van der Waals surface area contributed by atoms with Crippen LogP contribution in [-0.4, -0.2) is 90.4 Å². The predicted molar refractivity (Wildman–Crippen MR) is 135 cm³/mol. The Hall–Kier alpha value is -4.23. The van der Waals surface area contributed by atoms with E-state index in [4.69, 9.17) is 9.47 Å². The lowest BCUT2D eigenvalue weighted by Crippen LogP contribution is -2.58. The van der Waals surface area contributed by atoms with E-state index in [9.17, 15) is 50.1 Å². The first-order valence-corrected chi connectivity index (χ1v) is 11.7. The molecule has 4 atom stereocenters. The van der Waals surface area contributed by atoms with Crippen LogP contribution in [0.15, 0.2) is 48.6 Å². The molecule has 1 aliphatic rings. The molecule has 1 fully saturated rings. The molecule has 12 nitrogen and oxygen atoms in total. The van der Waals surface area contributed by atoms with Crippen molar-refractivity contribution in [1.82, 2.24) is 0 Å². The standard InChI is InChI=1S/C27H28O12/c28-17(5-1-15-3-7-19(30)21(32)9-15)13-38-24-12-27(37,26(35)36)11-23(34)25(24)39-14-18(29)6-2-16-4-8-20(31)22(33)10-16/h1-10,23-25,30-34,37H,11-14H2,(H,35,36)/t23-,24+,25+,27-/m1/s1. The first-order valence-electron chi connectivity index (χ1n) is 11.7. The van der Waals surface area contributed by atoms with Crippen LogP contribution < -0.4 is 0 Å². The van der Waals surface area contributed by atoms with E-state index in [1.807, 2.05) is 0 Å². The number of benzene rings is 2. The molecule has 0 radical (unpaired) electrons. The highest BCUT2D eigenvalue weighted by atomic mass is 16.6. The SMILES string of the molecule is O=C(C=Cc1ccc(O)c(O)c1)CO[C@H]1[C@H](O)C[C@](O)(C(=O)O)C[C@@H]1OCC(=O)C=Cc1ccc(O)c(O)c1. The molecule has 7 N–H and O–H groups in total. The first kappa shape index (κ1) is 29.3. The van der Waals surface area contributed by atoms with Gasteiger partial charge in [-0.1, -0.05) is 24.3 Å². The van der Waals surface area contributed by atoms with E-state index < -0.39 is 67.5 Å². The number of hydrogen-bond acceptors (Lipinski definition) is 11. The Morgan fingerprint density at radius 2 is 1.28 bits per heavy atom. The van der Waals surface area contributed by atoms with Crippen molar-refractivity contribution in [2.24, 2.45) is 0 Å². The number of phenolic OH excluding ortho intramolecular Hbond substituents is 4. The zero-order valence-corrected chi connectivity index (χ0v) is 20.5. The normalized spacial score (nSPS) is 23.3. The van der Waals surface area contributed by atoms with Gasteiger partial charge in [0.2, 0.25) is 0 Å². The minimum absolute atomic E-state index is 0.325. The zero-order valence-electron chi connectivity index (χ0n) is 20.5. The van der Waals surface area contributed by atoms with Crippen molar-refractivity contribution >= 4 is 29.7 Å². The number of aliphatic hydroxyl groups excluding tert-OH is 1. The number of carbonyl (C=O) groups is 3. The molecule has 3 rings (SSSR count). The number of carboxylic acids is 1. The van der Waals surface area contributed by atoms with Crippen molar-refractivity contribution in [3.05, 3.63) is 59.7 Å². The molecule has 1 aliphatic carbocycles. The molecule has 208 valence electrons. The van der Waals surface area contributed by atoms with Crippen molar-refractivity contribution in [3.8, 4) is 23.0 Å². The van der Waals surface area contributed by atoms with Crippen molar-refractivity contribution in [2.75, 3.05) is 13.2 Å². The molecular formula is C27H28O12. The lowest BCUT2D eigenvalue weighted by Gasteiger charge is -2.41. The van der Waals surface area contributed by atoms with E-state index in [1.165, 1.54) is 48.6 Å².